The number of alkyl carbamates (subject to hydrolysis) is 1. The lowest BCUT2D eigenvalue weighted by Crippen LogP contribution is -3.15. The smallest absolute Gasteiger partial charge is 0.407 e. The number of nitrogens with one attached hydrogen (secondary N) is 3. The van der Waals surface area contributed by atoms with Crippen molar-refractivity contribution in [2.24, 2.45) is 0 Å². The van der Waals surface area contributed by atoms with Gasteiger partial charge in [0, 0.05) is 26.7 Å². The molecule has 180 valence electrons. The number of carbonyl (C=O) groups is 1. The van der Waals surface area contributed by atoms with Gasteiger partial charge in [-0.05, 0) is 0 Å². The summed E-state index contributed by atoms with van der Waals surface area (Å²) < 4.78 is 36.5. The summed E-state index contributed by atoms with van der Waals surface area (Å²) in [4.78, 5) is 27.5. The third-order valence-corrected chi connectivity index (χ3v) is 6.00. The van der Waals surface area contributed by atoms with E-state index in [-0.39, 0.29) is 12.4 Å². The third-order valence-electron chi connectivity index (χ3n) is 5.32. The van der Waals surface area contributed by atoms with Crippen LogP contribution in [0.3, 0.4) is 0 Å². The van der Waals surface area contributed by atoms with Gasteiger partial charge < -0.3 is 34.4 Å². The van der Waals surface area contributed by atoms with Crippen molar-refractivity contribution in [2.75, 3.05) is 98.0 Å². The third kappa shape index (κ3) is 13.3. The second-order valence-corrected chi connectivity index (χ2v) is 9.02. The maximum atomic E-state index is 10.8. The van der Waals surface area contributed by atoms with Crippen LogP contribution in [-0.2, 0) is 19.6 Å². The van der Waals surface area contributed by atoms with E-state index in [2.05, 4.69) is 5.32 Å². The molecule has 0 spiro atoms. The molecule has 0 saturated carbocycles. The Morgan fingerprint density at radius 3 is 2.26 bits per heavy atom. The highest BCUT2D eigenvalue weighted by atomic mass is 32.2. The molecule has 31 heavy (non-hydrogen) atoms. The quantitative estimate of drug-likeness (QED) is 0.193. The summed E-state index contributed by atoms with van der Waals surface area (Å²) in [7, 11) is -2.61. The van der Waals surface area contributed by atoms with Crippen molar-refractivity contribution in [3.05, 3.63) is 6.20 Å². The Morgan fingerprint density at radius 2 is 1.74 bits per heavy atom. The van der Waals surface area contributed by atoms with Crippen molar-refractivity contribution in [2.45, 2.75) is 0 Å². The Balaban J connectivity index is 0.000000343. The highest BCUT2D eigenvalue weighted by Crippen LogP contribution is 1.92. The number of piperazine rings is 2. The summed E-state index contributed by atoms with van der Waals surface area (Å²) in [6, 6.07) is 0. The zero-order valence-electron chi connectivity index (χ0n) is 18.2. The van der Waals surface area contributed by atoms with Crippen LogP contribution in [0.2, 0.25) is 0 Å². The first-order chi connectivity index (χ1) is 14.8. The van der Waals surface area contributed by atoms with E-state index in [0.717, 1.165) is 65.4 Å². The largest absolute Gasteiger partial charge is 0.748 e. The molecule has 12 nitrogen and oxygen atoms in total. The lowest BCUT2D eigenvalue weighted by molar-refractivity contribution is -0.904. The molecule has 2 heterocycles. The van der Waals surface area contributed by atoms with Gasteiger partial charge in [-0.25, -0.2) is 18.0 Å². The molecule has 0 unspecified atom stereocenters. The Hall–Kier alpha value is -1.73. The van der Waals surface area contributed by atoms with Gasteiger partial charge in [-0.15, -0.1) is 0 Å². The molecule has 0 radical (unpaired) electrons. The first-order valence-electron chi connectivity index (χ1n) is 10.5. The van der Waals surface area contributed by atoms with Crippen molar-refractivity contribution in [3.63, 3.8) is 0 Å². The van der Waals surface area contributed by atoms with Crippen molar-refractivity contribution >= 4 is 22.2 Å². The zero-order chi connectivity index (χ0) is 23.1. The zero-order valence-corrected chi connectivity index (χ0v) is 19.0. The highest BCUT2D eigenvalue weighted by Gasteiger charge is 2.20. The van der Waals surface area contributed by atoms with E-state index in [0.29, 0.717) is 13.2 Å². The molecule has 13 heteroatoms. The standard InChI is InChI=1S/C10H21N3O5S.C8H14N2O2/c1-11-10(14)18-8-6-12-2-4-13(5-3-12)7-9-19(15,16)17;11-7-5-9-1-2-10(4-3-9)6-8-12/h2-9H2,1H3,(H,11,14)(H,15,16,17);5,12H,1-4,6,8H2/p+1. The fourth-order valence-electron chi connectivity index (χ4n) is 3.40. The van der Waals surface area contributed by atoms with Crippen LogP contribution in [0, 0.1) is 0 Å². The summed E-state index contributed by atoms with van der Waals surface area (Å²) in [5, 5.41) is 11.1. The van der Waals surface area contributed by atoms with Gasteiger partial charge in [-0.3, -0.25) is 4.90 Å². The van der Waals surface area contributed by atoms with Crippen LogP contribution in [0.25, 0.3) is 0 Å². The Labute approximate surface area is 184 Å². The van der Waals surface area contributed by atoms with Gasteiger partial charge in [0.05, 0.1) is 67.9 Å². The summed E-state index contributed by atoms with van der Waals surface area (Å²) in [6.45, 7) is 9.48. The lowest BCUT2D eigenvalue weighted by atomic mass is 10.3. The molecule has 0 aromatic heterocycles. The minimum atomic E-state index is -4.13. The Morgan fingerprint density at radius 1 is 1.16 bits per heavy atom. The first kappa shape index (κ1) is 27.3. The van der Waals surface area contributed by atoms with E-state index in [9.17, 15) is 22.6 Å². The molecule has 2 aliphatic rings. The molecular formula is C18H36N5O7S+. The topological polar surface area (TPSA) is 148 Å². The molecule has 0 aliphatic carbocycles. The molecule has 2 aliphatic heterocycles. The van der Waals surface area contributed by atoms with Crippen LogP contribution >= 0.6 is 0 Å². The molecule has 0 bridgehead atoms. The molecule has 1 amide bonds. The Kier molecular flexibility index (Phi) is 13.3. The number of carbonyl (C=O) groups excluding carboxylic acids is 2. The predicted molar refractivity (Wildman–Crippen MR) is 111 cm³/mol. The number of hydrogen-bond acceptors (Lipinski definition) is 9. The van der Waals surface area contributed by atoms with E-state index in [4.69, 9.17) is 9.84 Å². The number of ether oxygens (including phenoxy) is 1. The highest BCUT2D eigenvalue weighted by molar-refractivity contribution is 7.85. The van der Waals surface area contributed by atoms with Gasteiger partial charge in [0.2, 0.25) is 0 Å². The fraction of sp³-hybridized carbons (Fsp3) is 0.833. The minimum Gasteiger partial charge on any atom is -0.748 e. The molecule has 4 N–H and O–H groups in total. The lowest BCUT2D eigenvalue weighted by Gasteiger charge is -2.32. The van der Waals surface area contributed by atoms with Crippen molar-refractivity contribution in [1.29, 1.82) is 0 Å². The second-order valence-electron chi connectivity index (χ2n) is 7.50. The van der Waals surface area contributed by atoms with Crippen LogP contribution in [0.4, 0.5) is 4.79 Å². The van der Waals surface area contributed by atoms with Gasteiger partial charge in [-0.1, -0.05) is 0 Å². The minimum absolute atomic E-state index is 0.249. The van der Waals surface area contributed by atoms with Crippen molar-refractivity contribution < 1.29 is 42.2 Å². The maximum Gasteiger partial charge on any atom is 0.407 e. The average molecular weight is 467 g/mol. The summed E-state index contributed by atoms with van der Waals surface area (Å²) in [5.74, 6) is 1.45. The van der Waals surface area contributed by atoms with Gasteiger partial charge in [0.25, 0.3) is 0 Å². The summed E-state index contributed by atoms with van der Waals surface area (Å²) in [6.07, 6.45) is 1.04. The molecule has 2 fully saturated rings. The fourth-order valence-corrected chi connectivity index (χ4v) is 3.88. The van der Waals surface area contributed by atoms with Crippen LogP contribution in [0.1, 0.15) is 0 Å². The Bertz CT molecular complexity index is 656. The molecule has 0 atom stereocenters. The van der Waals surface area contributed by atoms with Gasteiger partial charge in [0.1, 0.15) is 25.6 Å². The van der Waals surface area contributed by atoms with Crippen LogP contribution in [0.5, 0.6) is 0 Å². The number of amides is 1. The van der Waals surface area contributed by atoms with E-state index in [1.165, 1.54) is 23.0 Å². The number of hydrogen-bond donors (Lipinski definition) is 4. The number of aliphatic hydroxyl groups is 1. The average Bonchev–Trinajstić information content (AvgIpc) is 2.75. The monoisotopic (exact) mass is 466 g/mol. The summed E-state index contributed by atoms with van der Waals surface area (Å²) in [5.41, 5.74) is 0. The maximum absolute atomic E-state index is 10.8. The van der Waals surface area contributed by atoms with E-state index in [1.807, 2.05) is 9.80 Å². The van der Waals surface area contributed by atoms with E-state index in [1.54, 1.807) is 5.94 Å². The predicted octanol–water partition coefficient (Wildman–Crippen LogP) is -5.39. The normalized spacial score (nSPS) is 18.5. The van der Waals surface area contributed by atoms with Crippen LogP contribution in [-0.4, -0.2) is 138 Å². The molecule has 0 aromatic carbocycles. The number of aliphatic hydroxyl groups excluding tert-OH is 1. The van der Waals surface area contributed by atoms with Crippen molar-refractivity contribution in [1.82, 2.24) is 15.1 Å². The van der Waals surface area contributed by atoms with E-state index >= 15 is 0 Å². The molecule has 0 aromatic rings. The molecule has 2 rings (SSSR count). The SMILES string of the molecule is CNC(=O)OCC[NH+]1CCN(CCS(=O)(=O)[O-])CC1.O=C=CN1CC[NH+](CCO)CC1. The van der Waals surface area contributed by atoms with E-state index < -0.39 is 16.2 Å². The van der Waals surface area contributed by atoms with Gasteiger partial charge in [-0.2, -0.15) is 0 Å². The molecule has 2 saturated heterocycles. The van der Waals surface area contributed by atoms with Gasteiger partial charge in [0.15, 0.2) is 0 Å². The number of rotatable bonds is 9. The number of quaternary nitrogens is 2. The summed E-state index contributed by atoms with van der Waals surface area (Å²) >= 11 is 0. The second kappa shape index (κ2) is 15.1. The first-order valence-corrected chi connectivity index (χ1v) is 12.1. The van der Waals surface area contributed by atoms with Crippen LogP contribution < -0.4 is 15.1 Å². The number of nitrogens with zero attached hydrogens (tertiary/aromatic N) is 2. The van der Waals surface area contributed by atoms with Crippen molar-refractivity contribution in [3.8, 4) is 0 Å². The molecular weight excluding hydrogens is 430 g/mol. The van der Waals surface area contributed by atoms with Crippen LogP contribution in [0.15, 0.2) is 6.20 Å². The van der Waals surface area contributed by atoms with Gasteiger partial charge >= 0.3 is 6.09 Å².